The summed E-state index contributed by atoms with van der Waals surface area (Å²) in [6.45, 7) is 13.0. The summed E-state index contributed by atoms with van der Waals surface area (Å²) in [6, 6.07) is 9.50. The number of nitrogens with zero attached hydrogens (tertiary/aromatic N) is 1. The van der Waals surface area contributed by atoms with Crippen LogP contribution in [-0.4, -0.2) is 24.0 Å². The highest BCUT2D eigenvalue weighted by atomic mass is 15.1. The predicted molar refractivity (Wildman–Crippen MR) is 75.0 cm³/mol. The van der Waals surface area contributed by atoms with E-state index in [2.05, 4.69) is 62.2 Å². The first kappa shape index (κ1) is 14.2. The molecule has 1 aromatic carbocycles. The first-order chi connectivity index (χ1) is 8.17. The van der Waals surface area contributed by atoms with Gasteiger partial charge < -0.3 is 5.32 Å². The zero-order valence-corrected chi connectivity index (χ0v) is 11.7. The van der Waals surface area contributed by atoms with E-state index in [1.165, 1.54) is 11.1 Å². The van der Waals surface area contributed by atoms with Crippen LogP contribution in [0.1, 0.15) is 38.8 Å². The van der Waals surface area contributed by atoms with Crippen LogP contribution in [0.2, 0.25) is 0 Å². The van der Waals surface area contributed by atoms with Crippen molar-refractivity contribution in [1.82, 2.24) is 10.2 Å². The third-order valence-corrected chi connectivity index (χ3v) is 3.09. The van der Waals surface area contributed by atoms with Crippen molar-refractivity contribution in [1.29, 1.82) is 0 Å². The highest BCUT2D eigenvalue weighted by Gasteiger charge is 2.07. The fraction of sp³-hybridized carbons (Fsp3) is 0.600. The molecule has 17 heavy (non-hydrogen) atoms. The normalized spacial score (nSPS) is 11.4. The smallest absolute Gasteiger partial charge is 0.0236 e. The fourth-order valence-corrected chi connectivity index (χ4v) is 2.00. The molecule has 0 heterocycles. The van der Waals surface area contributed by atoms with Gasteiger partial charge in [0.1, 0.15) is 0 Å². The maximum absolute atomic E-state index is 3.37. The lowest BCUT2D eigenvalue weighted by molar-refractivity contribution is 0.225. The predicted octanol–water partition coefficient (Wildman–Crippen LogP) is 3.03. The van der Waals surface area contributed by atoms with E-state index >= 15 is 0 Å². The van der Waals surface area contributed by atoms with Gasteiger partial charge in [0.25, 0.3) is 0 Å². The second kappa shape index (κ2) is 7.46. The van der Waals surface area contributed by atoms with E-state index < -0.39 is 0 Å². The molecule has 0 amide bonds. The van der Waals surface area contributed by atoms with E-state index in [1.807, 2.05) is 0 Å². The molecule has 0 bridgehead atoms. The van der Waals surface area contributed by atoms with Gasteiger partial charge in [-0.3, -0.25) is 4.90 Å². The molecule has 0 fully saturated rings. The van der Waals surface area contributed by atoms with Crippen molar-refractivity contribution in [3.63, 3.8) is 0 Å². The first-order valence-corrected chi connectivity index (χ1v) is 6.70. The lowest BCUT2D eigenvalue weighted by Crippen LogP contribution is -2.30. The molecule has 0 aliphatic heterocycles. The van der Waals surface area contributed by atoms with Gasteiger partial charge in [-0.1, -0.05) is 38.1 Å². The first-order valence-electron chi connectivity index (χ1n) is 6.70. The Morgan fingerprint density at radius 1 is 1.18 bits per heavy atom. The average Bonchev–Trinajstić information content (AvgIpc) is 2.33. The van der Waals surface area contributed by atoms with Crippen LogP contribution in [0.5, 0.6) is 0 Å². The minimum absolute atomic E-state index is 0.609. The zero-order chi connectivity index (χ0) is 12.7. The van der Waals surface area contributed by atoms with Crippen molar-refractivity contribution < 1.29 is 0 Å². The van der Waals surface area contributed by atoms with Crippen LogP contribution < -0.4 is 5.32 Å². The number of rotatable bonds is 7. The minimum Gasteiger partial charge on any atom is -0.313 e. The third-order valence-electron chi connectivity index (χ3n) is 3.09. The van der Waals surface area contributed by atoms with Gasteiger partial charge in [-0.25, -0.2) is 0 Å². The zero-order valence-electron chi connectivity index (χ0n) is 11.7. The van der Waals surface area contributed by atoms with Crippen molar-refractivity contribution in [2.75, 3.05) is 13.1 Å². The van der Waals surface area contributed by atoms with Crippen molar-refractivity contribution >= 4 is 0 Å². The monoisotopic (exact) mass is 234 g/mol. The van der Waals surface area contributed by atoms with Crippen LogP contribution in [0.3, 0.4) is 0 Å². The Labute approximate surface area is 106 Å². The van der Waals surface area contributed by atoms with Crippen LogP contribution in [0.4, 0.5) is 0 Å². The molecule has 96 valence electrons. The summed E-state index contributed by atoms with van der Waals surface area (Å²) in [5.74, 6) is 0. The van der Waals surface area contributed by atoms with Gasteiger partial charge in [-0.05, 0) is 38.1 Å². The largest absolute Gasteiger partial charge is 0.313 e. The van der Waals surface area contributed by atoms with Crippen LogP contribution in [-0.2, 0) is 13.1 Å². The second-order valence-corrected chi connectivity index (χ2v) is 4.76. The maximum atomic E-state index is 3.37. The summed E-state index contributed by atoms with van der Waals surface area (Å²) in [6.07, 6.45) is 0. The summed E-state index contributed by atoms with van der Waals surface area (Å²) < 4.78 is 0. The Balaban J connectivity index is 2.64. The SMILES string of the molecule is CCNCc1cccc(CN(CC)C(C)C)c1. The lowest BCUT2D eigenvalue weighted by atomic mass is 10.1. The molecular formula is C15H26N2. The molecule has 0 saturated heterocycles. The van der Waals surface area contributed by atoms with Gasteiger partial charge in [0.2, 0.25) is 0 Å². The maximum Gasteiger partial charge on any atom is 0.0236 e. The van der Waals surface area contributed by atoms with Crippen molar-refractivity contribution in [3.05, 3.63) is 35.4 Å². The summed E-state index contributed by atoms with van der Waals surface area (Å²) in [7, 11) is 0. The van der Waals surface area contributed by atoms with Crippen LogP contribution in [0, 0.1) is 0 Å². The molecule has 1 rings (SSSR count). The molecule has 0 atom stereocenters. The Hall–Kier alpha value is -0.860. The molecule has 0 aliphatic carbocycles. The number of hydrogen-bond acceptors (Lipinski definition) is 2. The Morgan fingerprint density at radius 2 is 1.88 bits per heavy atom. The van der Waals surface area contributed by atoms with Gasteiger partial charge in [-0.2, -0.15) is 0 Å². The quantitative estimate of drug-likeness (QED) is 0.780. The molecule has 2 heteroatoms. The van der Waals surface area contributed by atoms with E-state index in [0.29, 0.717) is 6.04 Å². The van der Waals surface area contributed by atoms with Gasteiger partial charge in [0.05, 0.1) is 0 Å². The Morgan fingerprint density at radius 3 is 2.47 bits per heavy atom. The molecule has 0 aromatic heterocycles. The van der Waals surface area contributed by atoms with Crippen molar-refractivity contribution in [2.45, 2.75) is 46.8 Å². The number of benzene rings is 1. The molecular weight excluding hydrogens is 208 g/mol. The van der Waals surface area contributed by atoms with Crippen LogP contribution in [0.25, 0.3) is 0 Å². The highest BCUT2D eigenvalue weighted by Crippen LogP contribution is 2.10. The average molecular weight is 234 g/mol. The molecule has 1 aromatic rings. The van der Waals surface area contributed by atoms with E-state index in [1.54, 1.807) is 0 Å². The molecule has 0 spiro atoms. The molecule has 1 N–H and O–H groups in total. The fourth-order valence-electron chi connectivity index (χ4n) is 2.00. The summed E-state index contributed by atoms with van der Waals surface area (Å²) in [5.41, 5.74) is 2.79. The van der Waals surface area contributed by atoms with E-state index in [0.717, 1.165) is 26.2 Å². The van der Waals surface area contributed by atoms with Gasteiger partial charge in [0.15, 0.2) is 0 Å². The van der Waals surface area contributed by atoms with Gasteiger partial charge >= 0.3 is 0 Å². The summed E-state index contributed by atoms with van der Waals surface area (Å²) in [5, 5.41) is 3.37. The number of hydrogen-bond donors (Lipinski definition) is 1. The van der Waals surface area contributed by atoms with E-state index in [4.69, 9.17) is 0 Å². The van der Waals surface area contributed by atoms with Crippen LogP contribution in [0.15, 0.2) is 24.3 Å². The van der Waals surface area contributed by atoms with Gasteiger partial charge in [0, 0.05) is 19.1 Å². The van der Waals surface area contributed by atoms with Crippen molar-refractivity contribution in [3.8, 4) is 0 Å². The molecule has 0 radical (unpaired) electrons. The molecule has 2 nitrogen and oxygen atoms in total. The summed E-state index contributed by atoms with van der Waals surface area (Å²) >= 11 is 0. The molecule has 0 saturated carbocycles. The molecule has 0 unspecified atom stereocenters. The van der Waals surface area contributed by atoms with Gasteiger partial charge in [-0.15, -0.1) is 0 Å². The van der Waals surface area contributed by atoms with Crippen LogP contribution >= 0.6 is 0 Å². The molecule has 0 aliphatic rings. The van der Waals surface area contributed by atoms with Crippen molar-refractivity contribution in [2.24, 2.45) is 0 Å². The number of nitrogens with one attached hydrogen (secondary N) is 1. The topological polar surface area (TPSA) is 15.3 Å². The Kier molecular flexibility index (Phi) is 6.23. The minimum atomic E-state index is 0.609. The van der Waals surface area contributed by atoms with E-state index in [9.17, 15) is 0 Å². The summed E-state index contributed by atoms with van der Waals surface area (Å²) in [4.78, 5) is 2.48. The highest BCUT2D eigenvalue weighted by molar-refractivity contribution is 5.23. The standard InChI is InChI=1S/C15H26N2/c1-5-16-11-14-8-7-9-15(10-14)12-17(6-2)13(3)4/h7-10,13,16H,5-6,11-12H2,1-4H3. The Bertz CT molecular complexity index is 320. The van der Waals surface area contributed by atoms with E-state index in [-0.39, 0.29) is 0 Å². The lowest BCUT2D eigenvalue weighted by Gasteiger charge is -2.25. The third kappa shape index (κ3) is 4.88. The second-order valence-electron chi connectivity index (χ2n) is 4.76.